The van der Waals surface area contributed by atoms with Crippen LogP contribution in [0.1, 0.15) is 16.7 Å². The third-order valence-electron chi connectivity index (χ3n) is 9.94. The average Bonchev–Trinajstić information content (AvgIpc) is 3.86. The summed E-state index contributed by atoms with van der Waals surface area (Å²) >= 11 is 3.58. The first-order chi connectivity index (χ1) is 28.0. The Bertz CT molecular complexity index is 3000. The van der Waals surface area contributed by atoms with Crippen molar-refractivity contribution in [2.45, 2.75) is 6.92 Å². The van der Waals surface area contributed by atoms with E-state index in [9.17, 15) is 0 Å². The Morgan fingerprint density at radius 2 is 1.09 bits per heavy atom. The molecule has 0 atom stereocenters. The van der Waals surface area contributed by atoms with Crippen LogP contribution in [0.4, 0.5) is 0 Å². The molecular formula is C52H39N3S2. The second-order valence-corrected chi connectivity index (χ2v) is 15.7. The van der Waals surface area contributed by atoms with Gasteiger partial charge in [0.2, 0.25) is 0 Å². The molecular weight excluding hydrogens is 731 g/mol. The second-order valence-electron chi connectivity index (χ2n) is 13.6. The third kappa shape index (κ3) is 7.72. The lowest BCUT2D eigenvalue weighted by Gasteiger charge is -2.09. The van der Waals surface area contributed by atoms with Gasteiger partial charge in [-0.1, -0.05) is 169 Å². The second kappa shape index (κ2) is 16.9. The maximum absolute atomic E-state index is 8.13. The Labute approximate surface area is 340 Å². The van der Waals surface area contributed by atoms with Crippen LogP contribution in [0.5, 0.6) is 0 Å². The van der Waals surface area contributed by atoms with E-state index in [0.29, 0.717) is 0 Å². The van der Waals surface area contributed by atoms with Crippen LogP contribution in [-0.4, -0.2) is 18.8 Å². The zero-order valence-electron chi connectivity index (χ0n) is 31.4. The molecule has 8 aromatic carbocycles. The van der Waals surface area contributed by atoms with Crippen molar-refractivity contribution >= 4 is 81.8 Å². The number of nitrogens with one attached hydrogen (secondary N) is 2. The lowest BCUT2D eigenvalue weighted by Crippen LogP contribution is -1.93. The van der Waals surface area contributed by atoms with Crippen molar-refractivity contribution in [3.05, 3.63) is 205 Å². The van der Waals surface area contributed by atoms with Crippen LogP contribution >= 0.6 is 22.7 Å². The lowest BCUT2D eigenvalue weighted by atomic mass is 9.94. The number of thiophene rings is 2. The van der Waals surface area contributed by atoms with Crippen molar-refractivity contribution in [2.24, 2.45) is 4.99 Å². The summed E-state index contributed by atoms with van der Waals surface area (Å²) in [5.74, 6) is 0.235. The fraction of sp³-hybridized carbons (Fsp3) is 0.0192. The summed E-state index contributed by atoms with van der Waals surface area (Å²) in [6.45, 7) is 5.52. The van der Waals surface area contributed by atoms with Crippen molar-refractivity contribution in [1.82, 2.24) is 0 Å². The molecule has 0 aliphatic heterocycles. The van der Waals surface area contributed by atoms with E-state index < -0.39 is 0 Å². The number of hydrogen-bond donors (Lipinski definition) is 2. The first-order valence-corrected chi connectivity index (χ1v) is 20.3. The molecule has 0 bridgehead atoms. The minimum Gasteiger partial charge on any atom is -0.308 e. The van der Waals surface area contributed by atoms with Gasteiger partial charge in [-0.3, -0.25) is 5.41 Å². The van der Waals surface area contributed by atoms with Crippen molar-refractivity contribution < 1.29 is 0 Å². The highest BCUT2D eigenvalue weighted by molar-refractivity contribution is 7.27. The van der Waals surface area contributed by atoms with Gasteiger partial charge in [-0.05, 0) is 65.7 Å². The summed E-state index contributed by atoms with van der Waals surface area (Å²) in [6, 6.07) is 65.1. The van der Waals surface area contributed by atoms with Crippen LogP contribution in [0.2, 0.25) is 0 Å². The normalized spacial score (nSPS) is 10.8. The van der Waals surface area contributed by atoms with Gasteiger partial charge < -0.3 is 5.41 Å². The number of rotatable bonds is 5. The molecule has 3 nitrogen and oxygen atoms in total. The first kappa shape index (κ1) is 37.1. The Hall–Kier alpha value is -6.79. The first-order valence-electron chi connectivity index (χ1n) is 18.7. The van der Waals surface area contributed by atoms with Gasteiger partial charge in [-0.25, -0.2) is 4.99 Å². The summed E-state index contributed by atoms with van der Waals surface area (Å²) < 4.78 is 4.94. The molecule has 274 valence electrons. The van der Waals surface area contributed by atoms with Crippen LogP contribution in [0, 0.1) is 17.7 Å². The highest BCUT2D eigenvalue weighted by Gasteiger charge is 2.18. The minimum absolute atomic E-state index is 0.235. The van der Waals surface area contributed by atoms with Gasteiger partial charge in [-0.15, -0.1) is 22.7 Å². The zero-order chi connectivity index (χ0) is 39.1. The van der Waals surface area contributed by atoms with Crippen molar-refractivity contribution in [2.75, 3.05) is 0 Å². The van der Waals surface area contributed by atoms with E-state index in [2.05, 4.69) is 164 Å². The van der Waals surface area contributed by atoms with E-state index in [1.165, 1.54) is 80.1 Å². The number of nitrogens with zero attached hydrogens (tertiary/aromatic N) is 1. The highest BCUT2D eigenvalue weighted by Crippen LogP contribution is 2.46. The molecule has 0 spiro atoms. The maximum Gasteiger partial charge on any atom is 0.151 e. The van der Waals surface area contributed by atoms with E-state index in [1.54, 1.807) is 11.3 Å². The van der Waals surface area contributed by atoms with E-state index in [4.69, 9.17) is 10.8 Å². The predicted molar refractivity (Wildman–Crippen MR) is 250 cm³/mol. The standard InChI is InChI=1S/C31H21NS.C14H10N2S.C7H8/c32-20-24-16-17-26(22-12-6-2-7-13-22)31-29(24)28-19-25(21-10-4-1-5-11-21)18-27(30(28)33-31)23-14-8-3-9-15-23;1-16-14(15)10-6-4-8-12-13(10)9-5-2-3-7-11(9)17-12;1-7-5-3-2-4-6-7/h1-20,32H;2-8,15H,1H2;2-6H,1H3. The van der Waals surface area contributed by atoms with Gasteiger partial charge in [0, 0.05) is 63.2 Å². The quantitative estimate of drug-likeness (QED) is 0.129. The van der Waals surface area contributed by atoms with Crippen molar-refractivity contribution in [1.29, 1.82) is 10.8 Å². The van der Waals surface area contributed by atoms with Crippen LogP contribution in [-0.2, 0) is 0 Å². The van der Waals surface area contributed by atoms with E-state index in [-0.39, 0.29) is 5.84 Å². The summed E-state index contributed by atoms with van der Waals surface area (Å²) in [6.07, 6.45) is 1.49. The van der Waals surface area contributed by atoms with Gasteiger partial charge in [0.05, 0.1) is 0 Å². The Morgan fingerprint density at radius 3 is 1.70 bits per heavy atom. The number of amidine groups is 1. The van der Waals surface area contributed by atoms with Gasteiger partial charge in [0.25, 0.3) is 0 Å². The van der Waals surface area contributed by atoms with Gasteiger partial charge in [-0.2, -0.15) is 0 Å². The van der Waals surface area contributed by atoms with Crippen LogP contribution in [0.3, 0.4) is 0 Å². The molecule has 0 amide bonds. The molecule has 0 fully saturated rings. The van der Waals surface area contributed by atoms with Crippen LogP contribution < -0.4 is 0 Å². The molecule has 0 radical (unpaired) electrons. The largest absolute Gasteiger partial charge is 0.308 e. The van der Waals surface area contributed by atoms with Gasteiger partial charge in [0.1, 0.15) is 0 Å². The summed E-state index contributed by atoms with van der Waals surface area (Å²) in [5, 5.41) is 20.7. The third-order valence-corrected chi connectivity index (χ3v) is 12.3. The number of aryl methyl sites for hydroxylation is 1. The summed E-state index contributed by atoms with van der Waals surface area (Å²) in [7, 11) is 0. The molecule has 0 saturated heterocycles. The molecule has 2 N–H and O–H groups in total. The van der Waals surface area contributed by atoms with E-state index in [0.717, 1.165) is 16.5 Å². The molecule has 0 saturated carbocycles. The monoisotopic (exact) mass is 769 g/mol. The highest BCUT2D eigenvalue weighted by atomic mass is 32.1. The minimum atomic E-state index is 0.235. The lowest BCUT2D eigenvalue weighted by molar-refractivity contribution is 1.45. The molecule has 0 aliphatic rings. The fourth-order valence-corrected chi connectivity index (χ4v) is 9.71. The molecule has 2 aromatic heterocycles. The number of fused-ring (bicyclic) bond motifs is 6. The topological polar surface area (TPSA) is 60.1 Å². The van der Waals surface area contributed by atoms with Crippen LogP contribution in [0.25, 0.3) is 73.7 Å². The van der Waals surface area contributed by atoms with Crippen molar-refractivity contribution in [3.63, 3.8) is 0 Å². The molecule has 10 aromatic rings. The Morgan fingerprint density at radius 1 is 0.509 bits per heavy atom. The molecule has 0 unspecified atom stereocenters. The predicted octanol–water partition coefficient (Wildman–Crippen LogP) is 15.1. The molecule has 10 rings (SSSR count). The van der Waals surface area contributed by atoms with Gasteiger partial charge >= 0.3 is 0 Å². The number of aliphatic imine (C=N–C) groups is 1. The zero-order valence-corrected chi connectivity index (χ0v) is 33.1. The van der Waals surface area contributed by atoms with E-state index in [1.807, 2.05) is 53.8 Å². The SMILES string of the molecule is C=NC(=N)c1cccc2sc3ccccc3c12.Cc1ccccc1.N=Cc1ccc(-c2ccccc2)c2sc3c(-c4ccccc4)cc(-c4ccccc4)cc3c12. The molecule has 5 heteroatoms. The molecule has 2 heterocycles. The van der Waals surface area contributed by atoms with E-state index >= 15 is 0 Å². The number of benzene rings is 8. The fourth-order valence-electron chi connectivity index (χ4n) is 7.19. The maximum atomic E-state index is 8.13. The molecule has 57 heavy (non-hydrogen) atoms. The summed E-state index contributed by atoms with van der Waals surface area (Å²) in [5.41, 5.74) is 10.4. The average molecular weight is 770 g/mol. The Balaban J connectivity index is 0.000000156. The summed E-state index contributed by atoms with van der Waals surface area (Å²) in [4.78, 5) is 3.73. The van der Waals surface area contributed by atoms with Crippen molar-refractivity contribution in [3.8, 4) is 33.4 Å². The number of hydrogen-bond acceptors (Lipinski definition) is 4. The van der Waals surface area contributed by atoms with Crippen LogP contribution in [0.15, 0.2) is 193 Å². The van der Waals surface area contributed by atoms with Gasteiger partial charge in [0.15, 0.2) is 5.84 Å². The smallest absolute Gasteiger partial charge is 0.151 e. The Kier molecular flexibility index (Phi) is 11.0. The molecule has 0 aliphatic carbocycles.